The van der Waals surface area contributed by atoms with E-state index in [1.165, 1.54) is 4.57 Å². The highest BCUT2D eigenvalue weighted by Crippen LogP contribution is 2.20. The Morgan fingerprint density at radius 3 is 2.67 bits per heavy atom. The third-order valence-electron chi connectivity index (χ3n) is 4.30. The van der Waals surface area contributed by atoms with Gasteiger partial charge in [-0.05, 0) is 24.3 Å². The lowest BCUT2D eigenvalue weighted by molar-refractivity contribution is 0.102. The van der Waals surface area contributed by atoms with E-state index in [2.05, 4.69) is 20.3 Å². The second-order valence-corrected chi connectivity index (χ2v) is 6.06. The summed E-state index contributed by atoms with van der Waals surface area (Å²) < 4.78 is 3.23. The van der Waals surface area contributed by atoms with Gasteiger partial charge >= 0.3 is 0 Å². The number of carbonyl (C=O) groups is 1. The maximum absolute atomic E-state index is 12.8. The number of amides is 1. The maximum Gasteiger partial charge on any atom is 0.261 e. The van der Waals surface area contributed by atoms with E-state index >= 15 is 0 Å². The Morgan fingerprint density at radius 2 is 1.96 bits per heavy atom. The van der Waals surface area contributed by atoms with E-state index in [9.17, 15) is 9.59 Å². The Morgan fingerprint density at radius 1 is 1.11 bits per heavy atom. The van der Waals surface area contributed by atoms with Crippen molar-refractivity contribution in [1.29, 1.82) is 0 Å². The topological polar surface area (TPSA) is 94.7 Å². The van der Waals surface area contributed by atoms with Crippen molar-refractivity contribution in [2.75, 3.05) is 5.32 Å². The third kappa shape index (κ3) is 2.86. The minimum Gasteiger partial charge on any atom is -0.331 e. The second kappa shape index (κ2) is 6.49. The molecule has 0 aliphatic carbocycles. The number of nitrogens with one attached hydrogen (secondary N) is 1. The number of pyridine rings is 1. The lowest BCUT2D eigenvalue weighted by atomic mass is 10.1. The molecule has 3 aromatic heterocycles. The van der Waals surface area contributed by atoms with Crippen molar-refractivity contribution in [3.8, 4) is 11.5 Å². The predicted octanol–water partition coefficient (Wildman–Crippen LogP) is 1.98. The van der Waals surface area contributed by atoms with E-state index in [0.717, 1.165) is 0 Å². The Labute approximate surface area is 154 Å². The zero-order valence-electron chi connectivity index (χ0n) is 14.7. The van der Waals surface area contributed by atoms with Crippen LogP contribution in [0.15, 0.2) is 59.9 Å². The van der Waals surface area contributed by atoms with Crippen molar-refractivity contribution in [2.45, 2.75) is 0 Å². The highest BCUT2D eigenvalue weighted by Gasteiger charge is 2.18. The number of hydrogen-bond acceptors (Lipinski definition) is 5. The molecule has 0 atom stereocenters. The van der Waals surface area contributed by atoms with Gasteiger partial charge in [0.05, 0.1) is 29.0 Å². The summed E-state index contributed by atoms with van der Waals surface area (Å²) in [6.45, 7) is 0. The molecule has 0 aliphatic rings. The molecule has 0 saturated carbocycles. The maximum atomic E-state index is 12.8. The highest BCUT2D eigenvalue weighted by molar-refractivity contribution is 6.11. The summed E-state index contributed by atoms with van der Waals surface area (Å²) in [7, 11) is 3.47. The molecule has 134 valence electrons. The van der Waals surface area contributed by atoms with Crippen LogP contribution in [0, 0.1) is 0 Å². The molecule has 0 radical (unpaired) electrons. The summed E-state index contributed by atoms with van der Waals surface area (Å²) in [4.78, 5) is 38.4. The number of carbonyl (C=O) groups excluding carboxylic acids is 1. The first kappa shape index (κ1) is 16.6. The molecule has 0 fully saturated rings. The molecule has 4 aromatic rings. The number of para-hydroxylation sites is 1. The van der Waals surface area contributed by atoms with Crippen LogP contribution in [0.2, 0.25) is 0 Å². The standard InChI is InChI=1S/C19H16N6O2/c1-24-11-20-10-14(24)17-23-16-12(6-5-7-13(16)19(27)25(17)2)18(26)22-15-8-3-4-9-21-15/h3-11H,1-2H3,(H,21,22,26). The summed E-state index contributed by atoms with van der Waals surface area (Å²) in [5.41, 5.74) is 1.09. The molecule has 0 bridgehead atoms. The van der Waals surface area contributed by atoms with Crippen LogP contribution in [0.5, 0.6) is 0 Å². The largest absolute Gasteiger partial charge is 0.331 e. The molecule has 0 saturated heterocycles. The summed E-state index contributed by atoms with van der Waals surface area (Å²) >= 11 is 0. The Balaban J connectivity index is 1.90. The zero-order chi connectivity index (χ0) is 19.0. The number of hydrogen-bond donors (Lipinski definition) is 1. The van der Waals surface area contributed by atoms with Gasteiger partial charge in [0.25, 0.3) is 11.5 Å². The fourth-order valence-electron chi connectivity index (χ4n) is 2.90. The van der Waals surface area contributed by atoms with Gasteiger partial charge < -0.3 is 9.88 Å². The van der Waals surface area contributed by atoms with Gasteiger partial charge in [-0.15, -0.1) is 0 Å². The first-order valence-electron chi connectivity index (χ1n) is 8.25. The van der Waals surface area contributed by atoms with Gasteiger partial charge in [-0.25, -0.2) is 15.0 Å². The number of anilines is 1. The molecule has 27 heavy (non-hydrogen) atoms. The quantitative estimate of drug-likeness (QED) is 0.603. The van der Waals surface area contributed by atoms with E-state index in [-0.39, 0.29) is 11.5 Å². The monoisotopic (exact) mass is 360 g/mol. The van der Waals surface area contributed by atoms with Gasteiger partial charge in [0.1, 0.15) is 11.5 Å². The zero-order valence-corrected chi connectivity index (χ0v) is 14.7. The van der Waals surface area contributed by atoms with Crippen molar-refractivity contribution in [3.05, 3.63) is 71.0 Å². The molecule has 0 aliphatic heterocycles. The van der Waals surface area contributed by atoms with Crippen molar-refractivity contribution >= 4 is 22.6 Å². The van der Waals surface area contributed by atoms with Crippen LogP contribution in [0.4, 0.5) is 5.82 Å². The first-order valence-corrected chi connectivity index (χ1v) is 8.25. The molecule has 0 spiro atoms. The number of imidazole rings is 1. The van der Waals surface area contributed by atoms with Crippen LogP contribution in [0.1, 0.15) is 10.4 Å². The molecule has 1 aromatic carbocycles. The van der Waals surface area contributed by atoms with E-state index in [4.69, 9.17) is 0 Å². The molecule has 1 amide bonds. The normalized spacial score (nSPS) is 10.9. The van der Waals surface area contributed by atoms with Gasteiger partial charge in [-0.2, -0.15) is 0 Å². The smallest absolute Gasteiger partial charge is 0.261 e. The predicted molar refractivity (Wildman–Crippen MR) is 101 cm³/mol. The summed E-state index contributed by atoms with van der Waals surface area (Å²) in [6.07, 6.45) is 4.85. The molecule has 0 unspecified atom stereocenters. The molecular formula is C19H16N6O2. The fraction of sp³-hybridized carbons (Fsp3) is 0.105. The van der Waals surface area contributed by atoms with Gasteiger partial charge in [0.2, 0.25) is 0 Å². The minimum absolute atomic E-state index is 0.233. The van der Waals surface area contributed by atoms with Crippen LogP contribution in [-0.4, -0.2) is 30.0 Å². The SMILES string of the molecule is Cn1cncc1-c1nc2c(C(=O)Nc3ccccn3)cccc2c(=O)n1C. The van der Waals surface area contributed by atoms with Gasteiger partial charge in [0, 0.05) is 20.3 Å². The molecular weight excluding hydrogens is 344 g/mol. The lowest BCUT2D eigenvalue weighted by Crippen LogP contribution is -2.23. The fourth-order valence-corrected chi connectivity index (χ4v) is 2.90. The third-order valence-corrected chi connectivity index (χ3v) is 4.30. The van der Waals surface area contributed by atoms with E-state index in [1.807, 2.05) is 7.05 Å². The minimum atomic E-state index is -0.379. The molecule has 1 N–H and O–H groups in total. The lowest BCUT2D eigenvalue weighted by Gasteiger charge is -2.12. The number of rotatable bonds is 3. The Hall–Kier alpha value is -3.81. The average molecular weight is 360 g/mol. The first-order chi connectivity index (χ1) is 13.1. The van der Waals surface area contributed by atoms with Crippen LogP contribution >= 0.6 is 0 Å². The van der Waals surface area contributed by atoms with Crippen LogP contribution in [0.3, 0.4) is 0 Å². The van der Waals surface area contributed by atoms with Gasteiger partial charge in [0.15, 0.2) is 5.82 Å². The number of nitrogens with zero attached hydrogens (tertiary/aromatic N) is 5. The number of aryl methyl sites for hydroxylation is 1. The van der Waals surface area contributed by atoms with Crippen molar-refractivity contribution in [1.82, 2.24) is 24.1 Å². The number of fused-ring (bicyclic) bond motifs is 1. The van der Waals surface area contributed by atoms with Crippen molar-refractivity contribution in [2.24, 2.45) is 14.1 Å². The second-order valence-electron chi connectivity index (χ2n) is 6.06. The van der Waals surface area contributed by atoms with E-state index in [1.54, 1.807) is 66.7 Å². The van der Waals surface area contributed by atoms with Crippen LogP contribution < -0.4 is 10.9 Å². The van der Waals surface area contributed by atoms with Crippen molar-refractivity contribution in [3.63, 3.8) is 0 Å². The Kier molecular flexibility index (Phi) is 4.00. The summed E-state index contributed by atoms with van der Waals surface area (Å²) in [5, 5.41) is 3.11. The molecule has 3 heterocycles. The average Bonchev–Trinajstić information content (AvgIpc) is 3.10. The van der Waals surface area contributed by atoms with Crippen molar-refractivity contribution < 1.29 is 4.79 Å². The van der Waals surface area contributed by atoms with Crippen LogP contribution in [-0.2, 0) is 14.1 Å². The molecule has 4 rings (SSSR count). The highest BCUT2D eigenvalue weighted by atomic mass is 16.2. The Bertz CT molecular complexity index is 1210. The molecule has 8 heteroatoms. The number of benzene rings is 1. The summed E-state index contributed by atoms with van der Waals surface area (Å²) in [5.74, 6) is 0.483. The van der Waals surface area contributed by atoms with E-state index < -0.39 is 0 Å². The molecule has 8 nitrogen and oxygen atoms in total. The van der Waals surface area contributed by atoms with Gasteiger partial charge in [-0.3, -0.25) is 14.2 Å². The van der Waals surface area contributed by atoms with E-state index in [0.29, 0.717) is 33.8 Å². The van der Waals surface area contributed by atoms with Gasteiger partial charge in [-0.1, -0.05) is 12.1 Å². The number of aromatic nitrogens is 5. The van der Waals surface area contributed by atoms with Crippen LogP contribution in [0.25, 0.3) is 22.4 Å². The summed E-state index contributed by atoms with van der Waals surface area (Å²) in [6, 6.07) is 10.2.